The van der Waals surface area contributed by atoms with Crippen molar-refractivity contribution in [2.75, 3.05) is 0 Å². The van der Waals surface area contributed by atoms with Gasteiger partial charge in [0.2, 0.25) is 11.8 Å². The average molecular weight is 328 g/mol. The number of hydrogen-bond donors (Lipinski definition) is 2. The van der Waals surface area contributed by atoms with E-state index in [2.05, 4.69) is 10.3 Å². The Morgan fingerprint density at radius 1 is 1.35 bits per heavy atom. The van der Waals surface area contributed by atoms with E-state index in [9.17, 15) is 9.59 Å². The lowest BCUT2D eigenvalue weighted by atomic mass is 10.2. The fourth-order valence-corrected chi connectivity index (χ4v) is 3.11. The van der Waals surface area contributed by atoms with E-state index < -0.39 is 11.9 Å². The number of nitrogens with one attached hydrogen (secondary N) is 1. The highest BCUT2D eigenvalue weighted by atomic mass is 32.1. The Hall–Kier alpha value is -2.67. The molecule has 3 rings (SSSR count). The molecule has 0 aliphatic carbocycles. The lowest BCUT2D eigenvalue weighted by Crippen LogP contribution is -2.42. The summed E-state index contributed by atoms with van der Waals surface area (Å²) in [5, 5.41) is 4.47. The minimum atomic E-state index is -0.681. The van der Waals surface area contributed by atoms with Gasteiger partial charge in [0.05, 0.1) is 12.1 Å². The van der Waals surface area contributed by atoms with Crippen LogP contribution in [0.3, 0.4) is 0 Å². The molecule has 0 saturated heterocycles. The third-order valence-corrected chi connectivity index (χ3v) is 4.39. The molecular weight excluding hydrogens is 312 g/mol. The minimum absolute atomic E-state index is 0.169. The van der Waals surface area contributed by atoms with Crippen molar-refractivity contribution >= 4 is 28.1 Å². The van der Waals surface area contributed by atoms with E-state index >= 15 is 0 Å². The molecule has 118 valence electrons. The molecule has 3 aromatic rings. The van der Waals surface area contributed by atoms with Gasteiger partial charge in [-0.3, -0.25) is 14.0 Å². The smallest absolute Gasteiger partial charge is 0.239 e. The van der Waals surface area contributed by atoms with Gasteiger partial charge in [0.1, 0.15) is 6.04 Å². The number of carbonyl (C=O) groups excluding carboxylic acids is 2. The Morgan fingerprint density at radius 2 is 2.09 bits per heavy atom. The summed E-state index contributed by atoms with van der Waals surface area (Å²) in [6.45, 7) is 1.56. The molecule has 2 amide bonds. The van der Waals surface area contributed by atoms with E-state index in [1.165, 1.54) is 11.3 Å². The van der Waals surface area contributed by atoms with Crippen LogP contribution in [0.25, 0.3) is 16.2 Å². The van der Waals surface area contributed by atoms with Gasteiger partial charge in [-0.05, 0) is 6.92 Å². The monoisotopic (exact) mass is 328 g/mol. The summed E-state index contributed by atoms with van der Waals surface area (Å²) in [5.41, 5.74) is 7.87. The summed E-state index contributed by atoms with van der Waals surface area (Å²) in [6.07, 6.45) is 2.09. The molecule has 0 saturated carbocycles. The first-order valence-electron chi connectivity index (χ1n) is 7.14. The van der Waals surface area contributed by atoms with Crippen LogP contribution in [0.15, 0.2) is 41.9 Å². The normalized spacial score (nSPS) is 12.2. The zero-order valence-electron chi connectivity index (χ0n) is 12.5. The minimum Gasteiger partial charge on any atom is -0.368 e. The molecule has 0 spiro atoms. The first kappa shape index (κ1) is 15.2. The fourth-order valence-electron chi connectivity index (χ4n) is 2.23. The standard InChI is InChI=1S/C16H16N4O2S/c1-10(15(17)22)18-14(21)7-12-9-23-16-19-13(8-20(12)16)11-5-3-2-4-6-11/h2-6,8-10H,7H2,1H3,(H2,17,22)(H,18,21). The van der Waals surface area contributed by atoms with Gasteiger partial charge in [-0.25, -0.2) is 4.98 Å². The van der Waals surface area contributed by atoms with Crippen LogP contribution in [0.4, 0.5) is 0 Å². The van der Waals surface area contributed by atoms with E-state index in [4.69, 9.17) is 5.73 Å². The average Bonchev–Trinajstić information content (AvgIpc) is 3.10. The summed E-state index contributed by atoms with van der Waals surface area (Å²) in [5.74, 6) is -0.797. The molecule has 0 bridgehead atoms. The highest BCUT2D eigenvalue weighted by Gasteiger charge is 2.15. The molecule has 0 fully saturated rings. The zero-order chi connectivity index (χ0) is 16.4. The zero-order valence-corrected chi connectivity index (χ0v) is 13.3. The summed E-state index contributed by atoms with van der Waals surface area (Å²) in [6, 6.07) is 9.18. The largest absolute Gasteiger partial charge is 0.368 e. The van der Waals surface area contributed by atoms with Crippen LogP contribution >= 0.6 is 11.3 Å². The van der Waals surface area contributed by atoms with Crippen LogP contribution in [0.5, 0.6) is 0 Å². The predicted octanol–water partition coefficient (Wildman–Crippen LogP) is 1.60. The second-order valence-electron chi connectivity index (χ2n) is 5.24. The third-order valence-electron chi connectivity index (χ3n) is 3.50. The predicted molar refractivity (Wildman–Crippen MR) is 89.0 cm³/mol. The Kier molecular flexibility index (Phi) is 4.12. The van der Waals surface area contributed by atoms with Gasteiger partial charge in [0, 0.05) is 22.8 Å². The van der Waals surface area contributed by atoms with Crippen molar-refractivity contribution in [2.24, 2.45) is 5.73 Å². The Morgan fingerprint density at radius 3 is 2.78 bits per heavy atom. The number of benzene rings is 1. The topological polar surface area (TPSA) is 89.5 Å². The number of nitrogens with zero attached hydrogens (tertiary/aromatic N) is 2. The van der Waals surface area contributed by atoms with Gasteiger partial charge < -0.3 is 11.1 Å². The molecular formula is C16H16N4O2S. The number of carbonyl (C=O) groups is 2. The number of primary amides is 1. The molecule has 7 heteroatoms. The van der Waals surface area contributed by atoms with Crippen LogP contribution in [-0.4, -0.2) is 27.2 Å². The molecule has 1 atom stereocenters. The number of rotatable bonds is 5. The first-order chi connectivity index (χ1) is 11.0. The molecule has 1 unspecified atom stereocenters. The van der Waals surface area contributed by atoms with Crippen LogP contribution in [0.2, 0.25) is 0 Å². The van der Waals surface area contributed by atoms with Gasteiger partial charge >= 0.3 is 0 Å². The summed E-state index contributed by atoms with van der Waals surface area (Å²) in [4.78, 5) is 28.4. The highest BCUT2D eigenvalue weighted by molar-refractivity contribution is 7.15. The second kappa shape index (κ2) is 6.21. The molecule has 23 heavy (non-hydrogen) atoms. The maximum Gasteiger partial charge on any atom is 0.239 e. The third kappa shape index (κ3) is 3.24. The number of amides is 2. The van der Waals surface area contributed by atoms with Crippen molar-refractivity contribution in [1.82, 2.24) is 14.7 Å². The van der Waals surface area contributed by atoms with Crippen molar-refractivity contribution < 1.29 is 9.59 Å². The number of fused-ring (bicyclic) bond motifs is 1. The SMILES string of the molecule is CC(NC(=O)Cc1csc2nc(-c3ccccc3)cn12)C(N)=O. The summed E-state index contributed by atoms with van der Waals surface area (Å²) >= 11 is 1.48. The van der Waals surface area contributed by atoms with Crippen molar-refractivity contribution in [2.45, 2.75) is 19.4 Å². The molecule has 2 aromatic heterocycles. The van der Waals surface area contributed by atoms with E-state index in [1.807, 2.05) is 46.3 Å². The molecule has 3 N–H and O–H groups in total. The lowest BCUT2D eigenvalue weighted by molar-refractivity contribution is -0.126. The number of hydrogen-bond acceptors (Lipinski definition) is 4. The molecule has 0 aliphatic rings. The first-order valence-corrected chi connectivity index (χ1v) is 8.02. The van der Waals surface area contributed by atoms with Gasteiger partial charge in [0.25, 0.3) is 0 Å². The fraction of sp³-hybridized carbons (Fsp3) is 0.188. The lowest BCUT2D eigenvalue weighted by Gasteiger charge is -2.09. The van der Waals surface area contributed by atoms with Crippen LogP contribution < -0.4 is 11.1 Å². The van der Waals surface area contributed by atoms with Crippen molar-refractivity contribution in [3.8, 4) is 11.3 Å². The van der Waals surface area contributed by atoms with Crippen LogP contribution in [0, 0.1) is 0 Å². The van der Waals surface area contributed by atoms with E-state index in [1.54, 1.807) is 6.92 Å². The quantitative estimate of drug-likeness (QED) is 0.745. The summed E-state index contributed by atoms with van der Waals surface area (Å²) < 4.78 is 1.90. The van der Waals surface area contributed by atoms with Crippen LogP contribution in [-0.2, 0) is 16.0 Å². The van der Waals surface area contributed by atoms with Crippen molar-refractivity contribution in [3.05, 3.63) is 47.6 Å². The van der Waals surface area contributed by atoms with Crippen LogP contribution in [0.1, 0.15) is 12.6 Å². The maximum atomic E-state index is 12.0. The molecule has 0 aliphatic heterocycles. The number of thiazole rings is 1. The highest BCUT2D eigenvalue weighted by Crippen LogP contribution is 2.23. The Balaban J connectivity index is 1.81. The second-order valence-corrected chi connectivity index (χ2v) is 6.08. The van der Waals surface area contributed by atoms with Crippen molar-refractivity contribution in [1.29, 1.82) is 0 Å². The molecule has 1 aromatic carbocycles. The Labute approximate surface area is 137 Å². The molecule has 2 heterocycles. The summed E-state index contributed by atoms with van der Waals surface area (Å²) in [7, 11) is 0. The van der Waals surface area contributed by atoms with E-state index in [0.717, 1.165) is 21.9 Å². The molecule has 6 nitrogen and oxygen atoms in total. The van der Waals surface area contributed by atoms with Gasteiger partial charge in [0.15, 0.2) is 4.96 Å². The van der Waals surface area contributed by atoms with E-state index in [-0.39, 0.29) is 12.3 Å². The van der Waals surface area contributed by atoms with Gasteiger partial charge in [-0.1, -0.05) is 30.3 Å². The Bertz CT molecular complexity index is 853. The molecule has 0 radical (unpaired) electrons. The van der Waals surface area contributed by atoms with Gasteiger partial charge in [-0.2, -0.15) is 0 Å². The number of aromatic nitrogens is 2. The van der Waals surface area contributed by atoms with Gasteiger partial charge in [-0.15, -0.1) is 11.3 Å². The number of imidazole rings is 1. The van der Waals surface area contributed by atoms with E-state index in [0.29, 0.717) is 0 Å². The van der Waals surface area contributed by atoms with Crippen molar-refractivity contribution in [3.63, 3.8) is 0 Å². The number of nitrogens with two attached hydrogens (primary N) is 1. The maximum absolute atomic E-state index is 12.0.